The molecular weight excluding hydrogens is 333 g/mol. The number of aryl methyl sites for hydroxylation is 1. The van der Waals surface area contributed by atoms with Crippen molar-refractivity contribution in [2.45, 2.75) is 32.4 Å². The molecule has 0 aliphatic carbocycles. The molecule has 1 aliphatic heterocycles. The molecule has 1 fully saturated rings. The molecule has 128 valence electrons. The van der Waals surface area contributed by atoms with Crippen molar-refractivity contribution in [3.8, 4) is 0 Å². The minimum atomic E-state index is -0.278. The molecule has 2 aromatic rings. The van der Waals surface area contributed by atoms with E-state index < -0.39 is 0 Å². The third-order valence-electron chi connectivity index (χ3n) is 4.23. The summed E-state index contributed by atoms with van der Waals surface area (Å²) in [5, 5.41) is 7.14. The van der Waals surface area contributed by atoms with E-state index in [2.05, 4.69) is 15.4 Å². The minimum absolute atomic E-state index is 0.0850. The van der Waals surface area contributed by atoms with Crippen molar-refractivity contribution in [2.24, 2.45) is 0 Å². The lowest BCUT2D eigenvalue weighted by Crippen LogP contribution is -2.44. The average Bonchev–Trinajstić information content (AvgIpc) is 2.99. The van der Waals surface area contributed by atoms with E-state index >= 15 is 0 Å². The van der Waals surface area contributed by atoms with Gasteiger partial charge in [0.25, 0.3) is 5.91 Å². The van der Waals surface area contributed by atoms with Gasteiger partial charge in [-0.2, -0.15) is 0 Å². The van der Waals surface area contributed by atoms with Gasteiger partial charge in [0.2, 0.25) is 0 Å². The molecule has 7 heteroatoms. The maximum Gasteiger partial charge on any atom is 0.273 e. The van der Waals surface area contributed by atoms with Crippen LogP contribution in [0.15, 0.2) is 28.8 Å². The molecule has 0 saturated carbocycles. The summed E-state index contributed by atoms with van der Waals surface area (Å²) < 4.78 is 18.8. The highest BCUT2D eigenvalue weighted by Gasteiger charge is 2.23. The predicted octanol–water partition coefficient (Wildman–Crippen LogP) is 3.17. The fourth-order valence-corrected chi connectivity index (χ4v) is 3.10. The topological polar surface area (TPSA) is 58.4 Å². The van der Waals surface area contributed by atoms with Crippen LogP contribution in [0.3, 0.4) is 0 Å². The molecule has 24 heavy (non-hydrogen) atoms. The summed E-state index contributed by atoms with van der Waals surface area (Å²) in [5.41, 5.74) is 0.827. The van der Waals surface area contributed by atoms with E-state index in [1.165, 1.54) is 6.07 Å². The third kappa shape index (κ3) is 3.94. The number of halogens is 2. The maximum atomic E-state index is 13.9. The highest BCUT2D eigenvalue weighted by atomic mass is 35.5. The highest BCUT2D eigenvalue weighted by molar-refractivity contribution is 6.31. The number of piperidine rings is 1. The highest BCUT2D eigenvalue weighted by Crippen LogP contribution is 2.22. The van der Waals surface area contributed by atoms with Crippen LogP contribution in [0.4, 0.5) is 4.39 Å². The van der Waals surface area contributed by atoms with Gasteiger partial charge in [-0.15, -0.1) is 0 Å². The summed E-state index contributed by atoms with van der Waals surface area (Å²) in [6, 6.07) is 6.43. The first kappa shape index (κ1) is 16.9. The van der Waals surface area contributed by atoms with Crippen LogP contribution in [0.1, 0.15) is 34.7 Å². The second-order valence-electron chi connectivity index (χ2n) is 6.05. The molecule has 1 amide bonds. The zero-order valence-corrected chi connectivity index (χ0v) is 14.1. The number of carbonyl (C=O) groups excluding carboxylic acids is 1. The molecule has 1 saturated heterocycles. The second kappa shape index (κ2) is 7.32. The zero-order chi connectivity index (χ0) is 17.1. The summed E-state index contributed by atoms with van der Waals surface area (Å²) in [7, 11) is 0. The molecule has 0 bridgehead atoms. The van der Waals surface area contributed by atoms with E-state index in [0.29, 0.717) is 28.6 Å². The molecule has 1 aromatic heterocycles. The average molecular weight is 352 g/mol. The van der Waals surface area contributed by atoms with Gasteiger partial charge in [0, 0.05) is 42.3 Å². The fraction of sp³-hybridized carbons (Fsp3) is 0.412. The van der Waals surface area contributed by atoms with Crippen LogP contribution in [-0.2, 0) is 6.54 Å². The van der Waals surface area contributed by atoms with Crippen molar-refractivity contribution < 1.29 is 13.7 Å². The molecule has 3 rings (SSSR count). The van der Waals surface area contributed by atoms with Gasteiger partial charge < -0.3 is 9.84 Å². The molecule has 1 aliphatic rings. The Balaban J connectivity index is 1.52. The Morgan fingerprint density at radius 3 is 2.83 bits per heavy atom. The van der Waals surface area contributed by atoms with Crippen molar-refractivity contribution in [3.05, 3.63) is 52.1 Å². The van der Waals surface area contributed by atoms with E-state index in [1.54, 1.807) is 25.1 Å². The summed E-state index contributed by atoms with van der Waals surface area (Å²) in [4.78, 5) is 14.2. The molecule has 1 aromatic carbocycles. The monoisotopic (exact) mass is 351 g/mol. The normalized spacial score (nSPS) is 16.3. The van der Waals surface area contributed by atoms with E-state index in [-0.39, 0.29) is 17.8 Å². The fourth-order valence-electron chi connectivity index (χ4n) is 2.88. The number of rotatable bonds is 4. The van der Waals surface area contributed by atoms with Crippen LogP contribution in [0.2, 0.25) is 5.02 Å². The van der Waals surface area contributed by atoms with Gasteiger partial charge >= 0.3 is 0 Å². The van der Waals surface area contributed by atoms with Crippen LogP contribution < -0.4 is 5.32 Å². The quantitative estimate of drug-likeness (QED) is 0.919. The van der Waals surface area contributed by atoms with E-state index in [0.717, 1.165) is 25.9 Å². The number of hydrogen-bond acceptors (Lipinski definition) is 4. The Labute approximate surface area is 144 Å². The lowest BCUT2D eigenvalue weighted by atomic mass is 10.0. The molecule has 0 radical (unpaired) electrons. The number of nitrogens with zero attached hydrogens (tertiary/aromatic N) is 2. The van der Waals surface area contributed by atoms with Gasteiger partial charge in [-0.1, -0.05) is 22.8 Å². The Hall–Kier alpha value is -1.92. The van der Waals surface area contributed by atoms with Gasteiger partial charge in [0.05, 0.1) is 0 Å². The lowest BCUT2D eigenvalue weighted by Gasteiger charge is -2.32. The van der Waals surface area contributed by atoms with Crippen molar-refractivity contribution in [1.82, 2.24) is 15.4 Å². The first-order valence-electron chi connectivity index (χ1n) is 7.92. The molecule has 0 unspecified atom stereocenters. The minimum Gasteiger partial charge on any atom is -0.361 e. The summed E-state index contributed by atoms with van der Waals surface area (Å²) >= 11 is 6.08. The second-order valence-corrected chi connectivity index (χ2v) is 6.45. The summed E-state index contributed by atoms with van der Waals surface area (Å²) in [6.07, 6.45) is 1.60. The summed E-state index contributed by atoms with van der Waals surface area (Å²) in [5.74, 6) is 0.110. The van der Waals surface area contributed by atoms with E-state index in [4.69, 9.17) is 16.1 Å². The summed E-state index contributed by atoms with van der Waals surface area (Å²) in [6.45, 7) is 3.77. The number of nitrogens with one attached hydrogen (secondary N) is 1. The maximum absolute atomic E-state index is 13.9. The van der Waals surface area contributed by atoms with Crippen LogP contribution >= 0.6 is 11.6 Å². The van der Waals surface area contributed by atoms with Crippen LogP contribution in [-0.4, -0.2) is 35.1 Å². The number of aromatic nitrogens is 1. The van der Waals surface area contributed by atoms with Crippen LogP contribution in [0.25, 0.3) is 0 Å². The number of carbonyl (C=O) groups is 1. The SMILES string of the molecule is Cc1cc(C(=O)NC2CCN(Cc3c(F)cccc3Cl)CC2)no1. The first-order chi connectivity index (χ1) is 11.5. The third-order valence-corrected chi connectivity index (χ3v) is 4.58. The van der Waals surface area contributed by atoms with Gasteiger partial charge in [-0.25, -0.2) is 4.39 Å². The number of benzene rings is 1. The largest absolute Gasteiger partial charge is 0.361 e. The zero-order valence-electron chi connectivity index (χ0n) is 13.4. The molecular formula is C17H19ClFN3O2. The Kier molecular flexibility index (Phi) is 5.16. The lowest BCUT2D eigenvalue weighted by molar-refractivity contribution is 0.0899. The Bertz CT molecular complexity index is 706. The first-order valence-corrected chi connectivity index (χ1v) is 8.30. The Morgan fingerprint density at radius 2 is 2.21 bits per heavy atom. The van der Waals surface area contributed by atoms with Gasteiger partial charge in [0.15, 0.2) is 5.69 Å². The smallest absolute Gasteiger partial charge is 0.273 e. The standard InChI is InChI=1S/C17H19ClFN3O2/c1-11-9-16(21-24-11)17(23)20-12-5-7-22(8-6-12)10-13-14(18)3-2-4-15(13)19/h2-4,9,12H,5-8,10H2,1H3,(H,20,23). The van der Waals surface area contributed by atoms with E-state index in [9.17, 15) is 9.18 Å². The van der Waals surface area contributed by atoms with Gasteiger partial charge in [-0.05, 0) is 31.9 Å². The van der Waals surface area contributed by atoms with Crippen molar-refractivity contribution in [3.63, 3.8) is 0 Å². The molecule has 0 spiro atoms. The van der Waals surface area contributed by atoms with E-state index in [1.807, 2.05) is 0 Å². The molecule has 1 N–H and O–H groups in total. The Morgan fingerprint density at radius 1 is 1.46 bits per heavy atom. The van der Waals surface area contributed by atoms with Crippen LogP contribution in [0.5, 0.6) is 0 Å². The predicted molar refractivity (Wildman–Crippen MR) is 88.4 cm³/mol. The van der Waals surface area contributed by atoms with Crippen molar-refractivity contribution in [1.29, 1.82) is 0 Å². The van der Waals surface area contributed by atoms with Gasteiger partial charge in [-0.3, -0.25) is 9.69 Å². The molecule has 2 heterocycles. The van der Waals surface area contributed by atoms with Crippen LogP contribution in [0, 0.1) is 12.7 Å². The molecule has 0 atom stereocenters. The number of amides is 1. The number of hydrogen-bond donors (Lipinski definition) is 1. The molecule has 5 nitrogen and oxygen atoms in total. The van der Waals surface area contributed by atoms with Gasteiger partial charge in [0.1, 0.15) is 11.6 Å². The van der Waals surface area contributed by atoms with Crippen molar-refractivity contribution >= 4 is 17.5 Å². The number of likely N-dealkylation sites (tertiary alicyclic amines) is 1. The van der Waals surface area contributed by atoms with Crippen molar-refractivity contribution in [2.75, 3.05) is 13.1 Å².